The summed E-state index contributed by atoms with van der Waals surface area (Å²) >= 11 is 0. The summed E-state index contributed by atoms with van der Waals surface area (Å²) in [6, 6.07) is 20.4. The van der Waals surface area contributed by atoms with Crippen molar-refractivity contribution in [2.75, 3.05) is 0 Å². The van der Waals surface area contributed by atoms with Gasteiger partial charge in [0.25, 0.3) is 0 Å². The monoisotopic (exact) mass is 406 g/mol. The molecule has 0 N–H and O–H groups in total. The lowest BCUT2D eigenvalue weighted by Gasteiger charge is -2.14. The first-order chi connectivity index (χ1) is 14.4. The van der Waals surface area contributed by atoms with Crippen molar-refractivity contribution in [3.63, 3.8) is 0 Å². The number of benzene rings is 3. The first-order valence-electron chi connectivity index (χ1n) is 10.2. The van der Waals surface area contributed by atoms with Gasteiger partial charge >= 0.3 is 0 Å². The van der Waals surface area contributed by atoms with Crippen LogP contribution in [0, 0.1) is 5.82 Å². The van der Waals surface area contributed by atoms with Crippen molar-refractivity contribution in [2.24, 2.45) is 0 Å². The molecule has 0 radical (unpaired) electrons. The van der Waals surface area contributed by atoms with E-state index in [4.69, 9.17) is 9.47 Å². The van der Waals surface area contributed by atoms with Crippen molar-refractivity contribution in [1.82, 2.24) is 0 Å². The van der Waals surface area contributed by atoms with Crippen LogP contribution in [0.25, 0.3) is 0 Å². The Balaban J connectivity index is 1.67. The highest BCUT2D eigenvalue weighted by atomic mass is 19.1. The van der Waals surface area contributed by atoms with Crippen LogP contribution in [-0.4, -0.2) is 5.78 Å². The van der Waals surface area contributed by atoms with Gasteiger partial charge in [0, 0.05) is 12.0 Å². The van der Waals surface area contributed by atoms with E-state index in [1.807, 2.05) is 36.4 Å². The third kappa shape index (κ3) is 5.93. The molecule has 0 aliphatic heterocycles. The Bertz CT molecular complexity index is 993. The summed E-state index contributed by atoms with van der Waals surface area (Å²) in [5.41, 5.74) is 2.86. The molecule has 0 aliphatic rings. The van der Waals surface area contributed by atoms with E-state index in [2.05, 4.69) is 26.0 Å². The second kappa shape index (κ2) is 10.1. The van der Waals surface area contributed by atoms with Gasteiger partial charge in [-0.15, -0.1) is 0 Å². The number of aryl methyl sites for hydroxylation is 1. The minimum Gasteiger partial charge on any atom is -0.486 e. The number of para-hydroxylation sites is 1. The zero-order valence-electron chi connectivity index (χ0n) is 17.7. The van der Waals surface area contributed by atoms with E-state index in [0.717, 1.165) is 16.9 Å². The molecule has 0 saturated carbocycles. The maximum Gasteiger partial charge on any atom is 0.165 e. The highest BCUT2D eigenvalue weighted by molar-refractivity contribution is 5.75. The maximum absolute atomic E-state index is 14.4. The SMILES string of the molecule is CC(=O)CCc1ccc(OCc2ccccc2Oc2ccc(C(C)C)cc2)c(F)c1. The second-order valence-corrected chi connectivity index (χ2v) is 7.69. The first-order valence-corrected chi connectivity index (χ1v) is 10.2. The minimum absolute atomic E-state index is 0.0891. The molecular weight excluding hydrogens is 379 g/mol. The number of ether oxygens (including phenoxy) is 2. The van der Waals surface area contributed by atoms with E-state index in [1.165, 1.54) is 18.6 Å². The maximum atomic E-state index is 14.4. The normalized spacial score (nSPS) is 10.8. The third-order valence-electron chi connectivity index (χ3n) is 4.89. The van der Waals surface area contributed by atoms with Crippen LogP contribution in [-0.2, 0) is 17.8 Å². The molecular formula is C26H27FO3. The van der Waals surface area contributed by atoms with Gasteiger partial charge < -0.3 is 14.3 Å². The molecule has 156 valence electrons. The van der Waals surface area contributed by atoms with E-state index >= 15 is 0 Å². The van der Waals surface area contributed by atoms with E-state index in [1.54, 1.807) is 12.1 Å². The Morgan fingerprint density at radius 2 is 1.70 bits per heavy atom. The van der Waals surface area contributed by atoms with Gasteiger partial charge in [0.1, 0.15) is 23.9 Å². The van der Waals surface area contributed by atoms with E-state index in [-0.39, 0.29) is 18.1 Å². The predicted octanol–water partition coefficient (Wildman–Crippen LogP) is 6.84. The fraction of sp³-hybridized carbons (Fsp3) is 0.269. The fourth-order valence-corrected chi connectivity index (χ4v) is 3.06. The molecule has 3 rings (SSSR count). The molecule has 0 bridgehead atoms. The number of rotatable bonds is 9. The van der Waals surface area contributed by atoms with Crippen molar-refractivity contribution in [2.45, 2.75) is 46.1 Å². The van der Waals surface area contributed by atoms with Crippen LogP contribution in [0.3, 0.4) is 0 Å². The minimum atomic E-state index is -0.432. The van der Waals surface area contributed by atoms with Crippen LogP contribution in [0.2, 0.25) is 0 Å². The number of carbonyl (C=O) groups excluding carboxylic acids is 1. The lowest BCUT2D eigenvalue weighted by molar-refractivity contribution is -0.116. The van der Waals surface area contributed by atoms with Gasteiger partial charge in [0.2, 0.25) is 0 Å². The van der Waals surface area contributed by atoms with Crippen LogP contribution >= 0.6 is 0 Å². The van der Waals surface area contributed by atoms with Crippen LogP contribution in [0.1, 0.15) is 49.8 Å². The van der Waals surface area contributed by atoms with Gasteiger partial charge in [-0.1, -0.05) is 50.2 Å². The molecule has 0 aliphatic carbocycles. The molecule has 0 unspecified atom stereocenters. The van der Waals surface area contributed by atoms with Crippen molar-refractivity contribution in [3.8, 4) is 17.2 Å². The molecule has 0 saturated heterocycles. The number of hydrogen-bond acceptors (Lipinski definition) is 3. The zero-order chi connectivity index (χ0) is 21.5. The highest BCUT2D eigenvalue weighted by Crippen LogP contribution is 2.28. The van der Waals surface area contributed by atoms with Crippen molar-refractivity contribution in [3.05, 3.63) is 89.2 Å². The molecule has 0 atom stereocenters. The van der Waals surface area contributed by atoms with Gasteiger partial charge in [-0.25, -0.2) is 4.39 Å². The zero-order valence-corrected chi connectivity index (χ0v) is 17.7. The third-order valence-corrected chi connectivity index (χ3v) is 4.89. The average Bonchev–Trinajstić information content (AvgIpc) is 2.73. The van der Waals surface area contributed by atoms with Gasteiger partial charge in [-0.05, 0) is 60.7 Å². The number of hydrogen-bond donors (Lipinski definition) is 0. The molecule has 3 aromatic carbocycles. The van der Waals surface area contributed by atoms with Crippen LogP contribution in [0.15, 0.2) is 66.7 Å². The summed E-state index contributed by atoms with van der Waals surface area (Å²) in [7, 11) is 0. The first kappa shape index (κ1) is 21.6. The largest absolute Gasteiger partial charge is 0.486 e. The Labute approximate surface area is 177 Å². The summed E-state index contributed by atoms with van der Waals surface area (Å²) < 4.78 is 26.1. The number of carbonyl (C=O) groups is 1. The van der Waals surface area contributed by atoms with Crippen LogP contribution < -0.4 is 9.47 Å². The smallest absolute Gasteiger partial charge is 0.165 e. The molecule has 0 heterocycles. The molecule has 30 heavy (non-hydrogen) atoms. The lowest BCUT2D eigenvalue weighted by Crippen LogP contribution is -2.01. The Kier molecular flexibility index (Phi) is 7.23. The van der Waals surface area contributed by atoms with Gasteiger partial charge in [0.15, 0.2) is 11.6 Å². The van der Waals surface area contributed by atoms with Crippen LogP contribution in [0.5, 0.6) is 17.2 Å². The Morgan fingerprint density at radius 3 is 2.37 bits per heavy atom. The van der Waals surface area contributed by atoms with E-state index < -0.39 is 5.82 Å². The van der Waals surface area contributed by atoms with Crippen molar-refractivity contribution >= 4 is 5.78 Å². The van der Waals surface area contributed by atoms with Gasteiger partial charge in [-0.3, -0.25) is 0 Å². The van der Waals surface area contributed by atoms with Crippen LogP contribution in [0.4, 0.5) is 4.39 Å². The Morgan fingerprint density at radius 1 is 0.967 bits per heavy atom. The molecule has 0 fully saturated rings. The molecule has 0 spiro atoms. The lowest BCUT2D eigenvalue weighted by atomic mass is 10.0. The topological polar surface area (TPSA) is 35.5 Å². The van der Waals surface area contributed by atoms with Crippen molar-refractivity contribution < 1.29 is 18.7 Å². The number of Topliss-reactive ketones (excluding diaryl/α,β-unsaturated/α-hetero) is 1. The van der Waals surface area contributed by atoms with E-state index in [0.29, 0.717) is 24.5 Å². The summed E-state index contributed by atoms with van der Waals surface area (Å²) in [4.78, 5) is 11.1. The summed E-state index contributed by atoms with van der Waals surface area (Å²) in [5.74, 6) is 1.71. The molecule has 3 nitrogen and oxygen atoms in total. The molecule has 0 aromatic heterocycles. The molecule has 3 aromatic rings. The Hall–Kier alpha value is -3.14. The summed E-state index contributed by atoms with van der Waals surface area (Å²) in [6.07, 6.45) is 0.932. The summed E-state index contributed by atoms with van der Waals surface area (Å²) in [5, 5.41) is 0. The van der Waals surface area contributed by atoms with Gasteiger partial charge in [-0.2, -0.15) is 0 Å². The second-order valence-electron chi connectivity index (χ2n) is 7.69. The average molecular weight is 406 g/mol. The number of halogens is 1. The quantitative estimate of drug-likeness (QED) is 0.390. The highest BCUT2D eigenvalue weighted by Gasteiger charge is 2.10. The van der Waals surface area contributed by atoms with E-state index in [9.17, 15) is 9.18 Å². The van der Waals surface area contributed by atoms with Crippen molar-refractivity contribution in [1.29, 1.82) is 0 Å². The fourth-order valence-electron chi connectivity index (χ4n) is 3.06. The predicted molar refractivity (Wildman–Crippen MR) is 117 cm³/mol. The van der Waals surface area contributed by atoms with Gasteiger partial charge in [0.05, 0.1) is 0 Å². The molecule has 0 amide bonds. The molecule has 4 heteroatoms. The number of ketones is 1. The summed E-state index contributed by atoms with van der Waals surface area (Å²) in [6.45, 7) is 6.02. The standard InChI is InChI=1S/C26H27FO3/c1-18(2)21-11-13-23(14-12-21)30-25-7-5-4-6-22(25)17-29-26-15-10-20(16-24(26)27)9-8-19(3)28/h4-7,10-16,18H,8-9,17H2,1-3H3.